The Labute approximate surface area is 140 Å². The number of nitrogens with zero attached hydrogens (tertiary/aromatic N) is 1. The number of aliphatic hydroxyl groups is 1. The molecule has 0 atom stereocenters. The Morgan fingerprint density at radius 3 is 2.42 bits per heavy atom. The van der Waals surface area contributed by atoms with Crippen LogP contribution in [0.25, 0.3) is 0 Å². The SMILES string of the molecule is Cc1ccc(S(=O)(=O)N2CCC(=CO)C(=O)c3ccccc32)cc1. The van der Waals surface area contributed by atoms with Crippen molar-refractivity contribution < 1.29 is 18.3 Å². The average Bonchev–Trinajstić information content (AvgIpc) is 2.72. The predicted octanol–water partition coefficient (Wildman–Crippen LogP) is 3.22. The van der Waals surface area contributed by atoms with Gasteiger partial charge in [-0.3, -0.25) is 9.10 Å². The van der Waals surface area contributed by atoms with Crippen molar-refractivity contribution in [1.29, 1.82) is 0 Å². The van der Waals surface area contributed by atoms with Crippen LogP contribution in [0.2, 0.25) is 0 Å². The van der Waals surface area contributed by atoms with Crippen molar-refractivity contribution in [2.24, 2.45) is 0 Å². The first kappa shape index (κ1) is 16.3. The van der Waals surface area contributed by atoms with Crippen LogP contribution in [0, 0.1) is 6.92 Å². The van der Waals surface area contributed by atoms with E-state index >= 15 is 0 Å². The largest absolute Gasteiger partial charge is 0.515 e. The molecule has 5 nitrogen and oxygen atoms in total. The molecule has 6 heteroatoms. The molecule has 0 aliphatic carbocycles. The third-order valence-corrected chi connectivity index (χ3v) is 5.89. The number of carbonyl (C=O) groups excluding carboxylic acids is 1. The molecule has 1 N–H and O–H groups in total. The highest BCUT2D eigenvalue weighted by atomic mass is 32.2. The summed E-state index contributed by atoms with van der Waals surface area (Å²) in [5, 5.41) is 9.30. The van der Waals surface area contributed by atoms with Gasteiger partial charge in [-0.05, 0) is 37.6 Å². The second kappa shape index (κ2) is 6.13. The molecule has 0 fully saturated rings. The number of Topliss-reactive ketones (excluding diaryl/α,β-unsaturated/α-hetero) is 1. The maximum Gasteiger partial charge on any atom is 0.264 e. The van der Waals surface area contributed by atoms with E-state index in [9.17, 15) is 18.3 Å². The molecule has 1 aliphatic rings. The number of anilines is 1. The molecule has 1 aliphatic heterocycles. The Kier molecular flexibility index (Phi) is 4.15. The standard InChI is InChI=1S/C18H17NO4S/c1-13-6-8-15(9-7-13)24(22,23)19-11-10-14(12-20)18(21)16-4-2-3-5-17(16)19/h2-9,12,20H,10-11H2,1H3. The molecular weight excluding hydrogens is 326 g/mol. The third kappa shape index (κ3) is 2.69. The molecule has 2 aromatic rings. The molecule has 0 unspecified atom stereocenters. The van der Waals surface area contributed by atoms with Crippen molar-refractivity contribution in [2.75, 3.05) is 10.8 Å². The fourth-order valence-electron chi connectivity index (χ4n) is 2.72. The minimum atomic E-state index is -3.80. The van der Waals surface area contributed by atoms with E-state index in [-0.39, 0.29) is 34.8 Å². The van der Waals surface area contributed by atoms with Gasteiger partial charge in [-0.1, -0.05) is 29.8 Å². The molecule has 0 bridgehead atoms. The molecule has 1 heterocycles. The molecule has 0 aromatic heterocycles. The number of rotatable bonds is 2. The Morgan fingerprint density at radius 1 is 1.08 bits per heavy atom. The fourth-order valence-corrected chi connectivity index (χ4v) is 4.21. The van der Waals surface area contributed by atoms with Gasteiger partial charge in [-0.15, -0.1) is 0 Å². The van der Waals surface area contributed by atoms with Crippen LogP contribution in [0.1, 0.15) is 22.3 Å². The van der Waals surface area contributed by atoms with E-state index in [1.54, 1.807) is 48.5 Å². The number of ketones is 1. The van der Waals surface area contributed by atoms with Crippen LogP contribution < -0.4 is 4.31 Å². The highest BCUT2D eigenvalue weighted by Gasteiger charge is 2.32. The molecule has 2 aromatic carbocycles. The molecule has 0 radical (unpaired) electrons. The smallest absolute Gasteiger partial charge is 0.264 e. The van der Waals surface area contributed by atoms with Gasteiger partial charge in [0.15, 0.2) is 5.78 Å². The summed E-state index contributed by atoms with van der Waals surface area (Å²) < 4.78 is 27.3. The lowest BCUT2D eigenvalue weighted by Crippen LogP contribution is -2.32. The number of benzene rings is 2. The number of hydrogen-bond acceptors (Lipinski definition) is 4. The minimum Gasteiger partial charge on any atom is -0.515 e. The van der Waals surface area contributed by atoms with Gasteiger partial charge < -0.3 is 5.11 Å². The van der Waals surface area contributed by atoms with E-state index in [0.29, 0.717) is 5.69 Å². The zero-order chi connectivity index (χ0) is 17.3. The van der Waals surface area contributed by atoms with Crippen LogP contribution in [0.3, 0.4) is 0 Å². The summed E-state index contributed by atoms with van der Waals surface area (Å²) in [6, 6.07) is 13.1. The Morgan fingerprint density at radius 2 is 1.75 bits per heavy atom. The van der Waals surface area contributed by atoms with Crippen LogP contribution >= 0.6 is 0 Å². The summed E-state index contributed by atoms with van der Waals surface area (Å²) in [6.07, 6.45) is 0.913. The molecule has 0 saturated heterocycles. The lowest BCUT2D eigenvalue weighted by Gasteiger charge is -2.24. The van der Waals surface area contributed by atoms with Crippen molar-refractivity contribution in [3.63, 3.8) is 0 Å². The lowest BCUT2D eigenvalue weighted by molar-refractivity contribution is 0.103. The van der Waals surface area contributed by atoms with Crippen LogP contribution in [0.5, 0.6) is 0 Å². The zero-order valence-electron chi connectivity index (χ0n) is 13.1. The Hall–Kier alpha value is -2.60. The summed E-state index contributed by atoms with van der Waals surface area (Å²) >= 11 is 0. The predicted molar refractivity (Wildman–Crippen MR) is 91.8 cm³/mol. The second-order valence-electron chi connectivity index (χ2n) is 5.64. The number of aliphatic hydroxyl groups excluding tert-OH is 1. The zero-order valence-corrected chi connectivity index (χ0v) is 14.0. The van der Waals surface area contributed by atoms with Gasteiger partial charge in [0, 0.05) is 17.7 Å². The van der Waals surface area contributed by atoms with Gasteiger partial charge in [0.05, 0.1) is 16.8 Å². The van der Waals surface area contributed by atoms with Crippen molar-refractivity contribution >= 4 is 21.5 Å². The number of sulfonamides is 1. The van der Waals surface area contributed by atoms with Gasteiger partial charge in [-0.2, -0.15) is 0 Å². The Bertz CT molecular complexity index is 914. The topological polar surface area (TPSA) is 74.7 Å². The van der Waals surface area contributed by atoms with Gasteiger partial charge >= 0.3 is 0 Å². The third-order valence-electron chi connectivity index (χ3n) is 4.06. The molecule has 0 spiro atoms. The number of para-hydroxylation sites is 1. The van der Waals surface area contributed by atoms with E-state index in [0.717, 1.165) is 11.8 Å². The minimum absolute atomic E-state index is 0.0886. The fraction of sp³-hybridized carbons (Fsp3) is 0.167. The lowest BCUT2D eigenvalue weighted by atomic mass is 10.0. The van der Waals surface area contributed by atoms with Gasteiger partial charge in [-0.25, -0.2) is 8.42 Å². The van der Waals surface area contributed by atoms with Crippen molar-refractivity contribution in [1.82, 2.24) is 0 Å². The van der Waals surface area contributed by atoms with E-state index in [4.69, 9.17) is 0 Å². The van der Waals surface area contributed by atoms with E-state index in [1.165, 1.54) is 4.31 Å². The van der Waals surface area contributed by atoms with Gasteiger partial charge in [0.2, 0.25) is 0 Å². The maximum atomic E-state index is 13.0. The summed E-state index contributed by atoms with van der Waals surface area (Å²) in [5.41, 5.74) is 1.76. The first-order chi connectivity index (χ1) is 11.4. The summed E-state index contributed by atoms with van der Waals surface area (Å²) in [7, 11) is -3.80. The Balaban J connectivity index is 2.16. The highest BCUT2D eigenvalue weighted by Crippen LogP contribution is 2.32. The molecule has 124 valence electrons. The average molecular weight is 343 g/mol. The van der Waals surface area contributed by atoms with E-state index < -0.39 is 10.0 Å². The molecule has 0 amide bonds. The summed E-state index contributed by atoms with van der Waals surface area (Å²) in [5.74, 6) is -0.352. The normalized spacial score (nSPS) is 16.8. The molecule has 3 rings (SSSR count). The highest BCUT2D eigenvalue weighted by molar-refractivity contribution is 7.92. The van der Waals surface area contributed by atoms with Crippen molar-refractivity contribution in [3.05, 3.63) is 71.5 Å². The van der Waals surface area contributed by atoms with E-state index in [2.05, 4.69) is 0 Å². The first-order valence-corrected chi connectivity index (χ1v) is 8.95. The summed E-state index contributed by atoms with van der Waals surface area (Å²) in [6.45, 7) is 1.97. The number of aryl methyl sites for hydroxylation is 1. The van der Waals surface area contributed by atoms with Crippen LogP contribution in [-0.4, -0.2) is 25.9 Å². The van der Waals surface area contributed by atoms with Crippen LogP contribution in [0.4, 0.5) is 5.69 Å². The van der Waals surface area contributed by atoms with E-state index in [1.807, 2.05) is 6.92 Å². The molecule has 0 saturated carbocycles. The van der Waals surface area contributed by atoms with Crippen LogP contribution in [0.15, 0.2) is 65.3 Å². The van der Waals surface area contributed by atoms with Gasteiger partial charge in [0.1, 0.15) is 0 Å². The van der Waals surface area contributed by atoms with Crippen molar-refractivity contribution in [2.45, 2.75) is 18.2 Å². The number of fused-ring (bicyclic) bond motifs is 1. The molecular formula is C18H17NO4S. The summed E-state index contributed by atoms with van der Waals surface area (Å²) in [4.78, 5) is 12.6. The van der Waals surface area contributed by atoms with Crippen molar-refractivity contribution in [3.8, 4) is 0 Å². The molecule has 24 heavy (non-hydrogen) atoms. The maximum absolute atomic E-state index is 13.0. The van der Waals surface area contributed by atoms with Crippen LogP contribution in [-0.2, 0) is 10.0 Å². The number of hydrogen-bond donors (Lipinski definition) is 1. The first-order valence-electron chi connectivity index (χ1n) is 7.51. The second-order valence-corrected chi connectivity index (χ2v) is 7.50. The quantitative estimate of drug-likeness (QED) is 0.671. The number of carbonyl (C=O) groups is 1. The monoisotopic (exact) mass is 343 g/mol. The van der Waals surface area contributed by atoms with Gasteiger partial charge in [0.25, 0.3) is 10.0 Å².